The van der Waals surface area contributed by atoms with E-state index < -0.39 is 11.0 Å². The third kappa shape index (κ3) is 4.83. The fourth-order valence-electron chi connectivity index (χ4n) is 5.24. The van der Waals surface area contributed by atoms with Gasteiger partial charge in [0.1, 0.15) is 16.6 Å². The number of hydrogen-bond donors (Lipinski definition) is 0. The van der Waals surface area contributed by atoms with Gasteiger partial charge in [-0.15, -0.1) is 0 Å². The van der Waals surface area contributed by atoms with Crippen LogP contribution in [0.2, 0.25) is 5.02 Å². The molecule has 0 spiro atoms. The number of hydrogen-bond acceptors (Lipinski definition) is 7. The van der Waals surface area contributed by atoms with Gasteiger partial charge in [-0.2, -0.15) is 15.0 Å². The van der Waals surface area contributed by atoms with Crippen LogP contribution in [0.15, 0.2) is 42.7 Å². The minimum absolute atomic E-state index is 0.0148. The molecule has 5 rings (SSSR count). The summed E-state index contributed by atoms with van der Waals surface area (Å²) < 4.78 is 13.3. The number of aromatic nitrogens is 5. The van der Waals surface area contributed by atoms with Gasteiger partial charge in [-0.25, -0.2) is 4.98 Å². The molecule has 0 aliphatic carbocycles. The van der Waals surface area contributed by atoms with Crippen LogP contribution in [-0.2, 0) is 21.8 Å². The number of carbonyl (C=O) groups excluding carboxylic acids is 1. The Hall–Kier alpha value is -3.50. The normalized spacial score (nSPS) is 17.4. The molecule has 0 N–H and O–H groups in total. The molecule has 0 unspecified atom stereocenters. The highest BCUT2D eigenvalue weighted by atomic mass is 35.5. The molecule has 0 bridgehead atoms. The summed E-state index contributed by atoms with van der Waals surface area (Å²) in [6.07, 6.45) is 4.97. The highest BCUT2D eigenvalue weighted by Crippen LogP contribution is 2.42. The number of esters is 1. The molecular formula is C29H33ClN6O3S. The van der Waals surface area contributed by atoms with Crippen LogP contribution >= 0.6 is 23.8 Å². The lowest BCUT2D eigenvalue weighted by atomic mass is 9.96. The van der Waals surface area contributed by atoms with Gasteiger partial charge in [-0.3, -0.25) is 9.36 Å². The van der Waals surface area contributed by atoms with Crippen molar-refractivity contribution in [1.82, 2.24) is 29.4 Å². The smallest absolute Gasteiger partial charge is 0.312 e. The molecule has 0 radical (unpaired) electrons. The molecule has 2 aromatic heterocycles. The second kappa shape index (κ2) is 10.5. The lowest BCUT2D eigenvalue weighted by molar-refractivity contribution is -0.157. The van der Waals surface area contributed by atoms with Crippen LogP contribution in [0.25, 0.3) is 16.7 Å². The monoisotopic (exact) mass is 580 g/mol. The lowest BCUT2D eigenvalue weighted by Crippen LogP contribution is -2.44. The van der Waals surface area contributed by atoms with Crippen molar-refractivity contribution < 1.29 is 14.3 Å². The number of likely N-dealkylation sites (tertiary alicyclic amines) is 1. The number of methoxy groups -OCH3 is 1. The quantitative estimate of drug-likeness (QED) is 0.208. The third-order valence-corrected chi connectivity index (χ3v) is 8.32. The molecule has 9 nitrogen and oxygen atoms in total. The van der Waals surface area contributed by atoms with E-state index in [9.17, 15) is 4.79 Å². The number of ether oxygens (including phenoxy) is 2. The maximum absolute atomic E-state index is 12.8. The van der Waals surface area contributed by atoms with Crippen molar-refractivity contribution in [2.45, 2.75) is 59.7 Å². The summed E-state index contributed by atoms with van der Waals surface area (Å²) in [7, 11) is 1.63. The Kier molecular flexibility index (Phi) is 7.35. The van der Waals surface area contributed by atoms with E-state index in [1.54, 1.807) is 24.3 Å². The molecule has 0 saturated carbocycles. The average molecular weight is 581 g/mol. The van der Waals surface area contributed by atoms with Gasteiger partial charge in [-0.1, -0.05) is 23.8 Å². The van der Waals surface area contributed by atoms with Crippen molar-refractivity contribution in [2.75, 3.05) is 13.7 Å². The number of imidazole rings is 1. The van der Waals surface area contributed by atoms with E-state index in [0.717, 1.165) is 53.1 Å². The summed E-state index contributed by atoms with van der Waals surface area (Å²) in [6.45, 7) is 10.3. The summed E-state index contributed by atoms with van der Waals surface area (Å²) in [5.74, 6) is 1.15. The average Bonchev–Trinajstić information content (AvgIpc) is 3.67. The van der Waals surface area contributed by atoms with Gasteiger partial charge in [0.05, 0.1) is 47.2 Å². The minimum atomic E-state index is -0.641. The van der Waals surface area contributed by atoms with Crippen molar-refractivity contribution in [3.05, 3.63) is 64.7 Å². The number of benzene rings is 2. The van der Waals surface area contributed by atoms with Gasteiger partial charge in [-0.05, 0) is 83.4 Å². The molecule has 11 heteroatoms. The summed E-state index contributed by atoms with van der Waals surface area (Å²) in [4.78, 5) is 22.3. The maximum Gasteiger partial charge on any atom is 0.312 e. The highest BCUT2D eigenvalue weighted by molar-refractivity contribution is 7.80. The van der Waals surface area contributed by atoms with Gasteiger partial charge >= 0.3 is 5.97 Å². The first-order valence-electron chi connectivity index (χ1n) is 13.2. The standard InChI is InChI=1S/C29H33ClN6O3S/c1-18-21(30)9-10-22-24(18)34(17-39-27(37)28(2,3)4)26(33-22)29(5)12-7-15-35(29)25(40)20-16-19(38-6)8-11-23(20)36-31-13-14-32-36/h8-11,13-14,16H,7,12,15,17H2,1-6H3/t29-/m0/s1. The Morgan fingerprint density at radius 3 is 2.58 bits per heavy atom. The third-order valence-electron chi connectivity index (χ3n) is 7.47. The number of thiocarbonyl (C=S) groups is 1. The Labute approximate surface area is 244 Å². The number of rotatable bonds is 6. The lowest BCUT2D eigenvalue weighted by Gasteiger charge is -2.37. The van der Waals surface area contributed by atoms with E-state index in [1.165, 1.54) is 0 Å². The Balaban J connectivity index is 1.63. The van der Waals surface area contributed by atoms with Crippen molar-refractivity contribution in [3.8, 4) is 11.4 Å². The van der Waals surface area contributed by atoms with Crippen LogP contribution in [0.3, 0.4) is 0 Å². The summed E-state index contributed by atoms with van der Waals surface area (Å²) in [5, 5.41) is 9.30. The Bertz CT molecular complexity index is 1590. The molecule has 1 saturated heterocycles. The molecule has 1 aliphatic heterocycles. The molecular weight excluding hydrogens is 548 g/mol. The number of aryl methyl sites for hydroxylation is 1. The van der Waals surface area contributed by atoms with Crippen LogP contribution in [0.1, 0.15) is 57.5 Å². The Morgan fingerprint density at radius 1 is 1.18 bits per heavy atom. The molecule has 3 heterocycles. The first kappa shape index (κ1) is 28.0. The van der Waals surface area contributed by atoms with E-state index >= 15 is 0 Å². The van der Waals surface area contributed by atoms with E-state index in [4.69, 9.17) is 38.3 Å². The second-order valence-corrected chi connectivity index (χ2v) is 12.0. The number of nitrogens with zero attached hydrogens (tertiary/aromatic N) is 6. The minimum Gasteiger partial charge on any atom is -0.497 e. The van der Waals surface area contributed by atoms with Gasteiger partial charge in [0.25, 0.3) is 0 Å². The summed E-state index contributed by atoms with van der Waals surface area (Å²) in [6, 6.07) is 9.43. The van der Waals surface area contributed by atoms with Crippen LogP contribution in [0.5, 0.6) is 5.75 Å². The van der Waals surface area contributed by atoms with Crippen molar-refractivity contribution in [3.63, 3.8) is 0 Å². The zero-order chi connectivity index (χ0) is 28.8. The highest BCUT2D eigenvalue weighted by Gasteiger charge is 2.44. The molecule has 1 aliphatic rings. The van der Waals surface area contributed by atoms with E-state index in [0.29, 0.717) is 15.8 Å². The SMILES string of the molecule is COc1ccc(-n2nccn2)c(C(=S)N2CCC[C@@]2(C)c2nc3ccc(Cl)c(C)c3n2COC(=O)C(C)(C)C)c1. The Morgan fingerprint density at radius 2 is 1.90 bits per heavy atom. The van der Waals surface area contributed by atoms with Gasteiger partial charge in [0, 0.05) is 17.1 Å². The first-order chi connectivity index (χ1) is 19.0. The van der Waals surface area contributed by atoms with Crippen LogP contribution in [-0.4, -0.2) is 54.1 Å². The van der Waals surface area contributed by atoms with Crippen molar-refractivity contribution >= 4 is 45.8 Å². The zero-order valence-electron chi connectivity index (χ0n) is 23.6. The molecule has 0 amide bonds. The van der Waals surface area contributed by atoms with Crippen LogP contribution in [0, 0.1) is 12.3 Å². The predicted octanol–water partition coefficient (Wildman–Crippen LogP) is 5.82. The largest absolute Gasteiger partial charge is 0.497 e. The van der Waals surface area contributed by atoms with E-state index in [2.05, 4.69) is 22.0 Å². The van der Waals surface area contributed by atoms with E-state index in [1.807, 2.05) is 62.6 Å². The fraction of sp³-hybridized carbons (Fsp3) is 0.414. The van der Waals surface area contributed by atoms with Gasteiger partial charge in [0.15, 0.2) is 6.73 Å². The zero-order valence-corrected chi connectivity index (χ0v) is 25.1. The molecule has 210 valence electrons. The van der Waals surface area contributed by atoms with Crippen molar-refractivity contribution in [1.29, 1.82) is 0 Å². The number of carbonyl (C=O) groups is 1. The predicted molar refractivity (Wildman–Crippen MR) is 158 cm³/mol. The van der Waals surface area contributed by atoms with Gasteiger partial charge < -0.3 is 14.4 Å². The summed E-state index contributed by atoms with van der Waals surface area (Å²) in [5.41, 5.74) is 2.79. The first-order valence-corrected chi connectivity index (χ1v) is 13.9. The number of fused-ring (bicyclic) bond motifs is 1. The molecule has 2 aromatic carbocycles. The molecule has 40 heavy (non-hydrogen) atoms. The fourth-order valence-corrected chi connectivity index (χ4v) is 5.85. The van der Waals surface area contributed by atoms with Crippen molar-refractivity contribution in [2.24, 2.45) is 5.41 Å². The van der Waals surface area contributed by atoms with Crippen LogP contribution in [0.4, 0.5) is 0 Å². The second-order valence-electron chi connectivity index (χ2n) is 11.3. The van der Waals surface area contributed by atoms with Crippen LogP contribution < -0.4 is 4.74 Å². The molecule has 4 aromatic rings. The topological polar surface area (TPSA) is 87.3 Å². The van der Waals surface area contributed by atoms with Gasteiger partial charge in [0.2, 0.25) is 0 Å². The maximum atomic E-state index is 12.8. The number of halogens is 1. The summed E-state index contributed by atoms with van der Waals surface area (Å²) >= 11 is 12.7. The van der Waals surface area contributed by atoms with E-state index in [-0.39, 0.29) is 12.7 Å². The molecule has 1 fully saturated rings. The molecule has 1 atom stereocenters.